The van der Waals surface area contributed by atoms with Gasteiger partial charge in [-0.3, -0.25) is 9.69 Å². The van der Waals surface area contributed by atoms with E-state index < -0.39 is 0 Å². The minimum Gasteiger partial charge on any atom is -0.464 e. The summed E-state index contributed by atoms with van der Waals surface area (Å²) in [5, 5.41) is 0. The van der Waals surface area contributed by atoms with Crippen molar-refractivity contribution in [1.29, 1.82) is 0 Å². The summed E-state index contributed by atoms with van der Waals surface area (Å²) in [5.41, 5.74) is 1.31. The minimum absolute atomic E-state index is 0.198. The van der Waals surface area contributed by atoms with Crippen LogP contribution < -0.4 is 0 Å². The molecule has 0 aliphatic carbocycles. The topological polar surface area (TPSA) is 29.3 Å². The highest BCUT2D eigenvalue weighted by Gasteiger charge is 2.47. The predicted molar refractivity (Wildman–Crippen MR) is 66.6 cm³/mol. The second kappa shape index (κ2) is 4.88. The highest BCUT2D eigenvalue weighted by Crippen LogP contribution is 2.38. The number of nitrogens with zero attached hydrogens (tertiary/aromatic N) is 1. The second-order valence-corrected chi connectivity index (χ2v) is 4.64. The van der Waals surface area contributed by atoms with E-state index in [1.165, 1.54) is 12.5 Å². The Labute approximate surface area is 102 Å². The third-order valence-corrected chi connectivity index (χ3v) is 3.51. The van der Waals surface area contributed by atoms with Crippen molar-refractivity contribution >= 4 is 5.97 Å². The van der Waals surface area contributed by atoms with Gasteiger partial charge in [0.25, 0.3) is 0 Å². The quantitative estimate of drug-likeness (QED) is 0.590. The summed E-state index contributed by atoms with van der Waals surface area (Å²) in [6, 6.07) is 11.7. The summed E-state index contributed by atoms with van der Waals surface area (Å²) in [6.45, 7) is 6.33. The fraction of sp³-hybridized carbons (Fsp3) is 0.500. The molecule has 4 atom stereocenters. The summed E-state index contributed by atoms with van der Waals surface area (Å²) in [7, 11) is 0. The van der Waals surface area contributed by atoms with Crippen LogP contribution in [0.4, 0.5) is 0 Å². The van der Waals surface area contributed by atoms with E-state index in [1.807, 2.05) is 6.07 Å². The van der Waals surface area contributed by atoms with Gasteiger partial charge in [-0.25, -0.2) is 0 Å². The molecule has 1 heterocycles. The van der Waals surface area contributed by atoms with Gasteiger partial charge in [-0.2, -0.15) is 0 Å². The SMILES string of the molecule is CC(=O)OC[C@H]1[C@@H](C)N1[C@H](C)c1ccccc1. The van der Waals surface area contributed by atoms with Crippen LogP contribution in [0.25, 0.3) is 0 Å². The third-order valence-electron chi connectivity index (χ3n) is 3.51. The number of carbonyl (C=O) groups excluding carboxylic acids is 1. The van der Waals surface area contributed by atoms with Crippen molar-refractivity contribution in [3.05, 3.63) is 35.9 Å². The number of rotatable bonds is 4. The molecule has 1 unspecified atom stereocenters. The zero-order valence-electron chi connectivity index (χ0n) is 10.6. The van der Waals surface area contributed by atoms with Crippen LogP contribution in [0.5, 0.6) is 0 Å². The molecule has 0 N–H and O–H groups in total. The molecular formula is C14H19NO2. The number of hydrogen-bond acceptors (Lipinski definition) is 3. The molecule has 92 valence electrons. The van der Waals surface area contributed by atoms with Crippen LogP contribution in [0.1, 0.15) is 32.4 Å². The summed E-state index contributed by atoms with van der Waals surface area (Å²) < 4.78 is 5.07. The van der Waals surface area contributed by atoms with Crippen LogP contribution >= 0.6 is 0 Å². The lowest BCUT2D eigenvalue weighted by atomic mass is 10.1. The molecule has 0 aromatic heterocycles. The van der Waals surface area contributed by atoms with Crippen LogP contribution in [0.2, 0.25) is 0 Å². The molecule has 0 amide bonds. The van der Waals surface area contributed by atoms with Crippen LogP contribution in [0, 0.1) is 0 Å². The average Bonchev–Trinajstić information content (AvgIpc) is 2.97. The van der Waals surface area contributed by atoms with Gasteiger partial charge in [-0.15, -0.1) is 0 Å². The Morgan fingerprint density at radius 3 is 2.65 bits per heavy atom. The van der Waals surface area contributed by atoms with Gasteiger partial charge in [-0.1, -0.05) is 30.3 Å². The summed E-state index contributed by atoms with van der Waals surface area (Å²) in [5.74, 6) is -0.198. The smallest absolute Gasteiger partial charge is 0.302 e. The van der Waals surface area contributed by atoms with Gasteiger partial charge < -0.3 is 4.74 Å². The standard InChI is InChI=1S/C14H19NO2/c1-10(13-7-5-4-6-8-13)15-11(2)14(15)9-17-12(3)16/h4-8,10-11,14H,9H2,1-3H3/t10-,11-,14+,15?/m1/s1. The molecule has 0 bridgehead atoms. The summed E-state index contributed by atoms with van der Waals surface area (Å²) in [4.78, 5) is 13.2. The zero-order valence-corrected chi connectivity index (χ0v) is 10.6. The van der Waals surface area contributed by atoms with Gasteiger partial charge in [0.1, 0.15) is 6.61 Å². The van der Waals surface area contributed by atoms with Crippen LogP contribution in [-0.2, 0) is 9.53 Å². The lowest BCUT2D eigenvalue weighted by Gasteiger charge is -2.14. The zero-order chi connectivity index (χ0) is 12.4. The van der Waals surface area contributed by atoms with Crippen molar-refractivity contribution in [2.45, 2.75) is 38.9 Å². The molecule has 0 saturated carbocycles. The van der Waals surface area contributed by atoms with E-state index in [0.29, 0.717) is 24.7 Å². The molecule has 17 heavy (non-hydrogen) atoms. The first-order chi connectivity index (χ1) is 8.11. The molecule has 1 aromatic carbocycles. The van der Waals surface area contributed by atoms with Crippen molar-refractivity contribution in [3.8, 4) is 0 Å². The van der Waals surface area contributed by atoms with Crippen molar-refractivity contribution in [2.75, 3.05) is 6.61 Å². The molecule has 0 radical (unpaired) electrons. The van der Waals surface area contributed by atoms with Crippen molar-refractivity contribution in [2.24, 2.45) is 0 Å². The highest BCUT2D eigenvalue weighted by atomic mass is 16.5. The van der Waals surface area contributed by atoms with Gasteiger partial charge in [-0.05, 0) is 19.4 Å². The van der Waals surface area contributed by atoms with Gasteiger partial charge in [0.05, 0.1) is 6.04 Å². The van der Waals surface area contributed by atoms with Crippen molar-refractivity contribution in [3.63, 3.8) is 0 Å². The monoisotopic (exact) mass is 233 g/mol. The van der Waals surface area contributed by atoms with Crippen LogP contribution in [0.15, 0.2) is 30.3 Å². The first-order valence-corrected chi connectivity index (χ1v) is 6.07. The molecule has 1 saturated heterocycles. The highest BCUT2D eigenvalue weighted by molar-refractivity contribution is 5.65. The largest absolute Gasteiger partial charge is 0.464 e. The molecule has 1 aliphatic rings. The second-order valence-electron chi connectivity index (χ2n) is 4.64. The van der Waals surface area contributed by atoms with E-state index in [4.69, 9.17) is 4.74 Å². The van der Waals surface area contributed by atoms with Gasteiger partial charge in [0.15, 0.2) is 0 Å². The van der Waals surface area contributed by atoms with E-state index in [1.54, 1.807) is 0 Å². The maximum atomic E-state index is 10.8. The molecule has 1 aromatic rings. The Morgan fingerprint density at radius 2 is 2.06 bits per heavy atom. The van der Waals surface area contributed by atoms with Crippen molar-refractivity contribution in [1.82, 2.24) is 4.90 Å². The summed E-state index contributed by atoms with van der Waals surface area (Å²) in [6.07, 6.45) is 0. The van der Waals surface area contributed by atoms with Crippen molar-refractivity contribution < 1.29 is 9.53 Å². The van der Waals surface area contributed by atoms with Gasteiger partial charge in [0.2, 0.25) is 0 Å². The number of esters is 1. The van der Waals surface area contributed by atoms with E-state index in [-0.39, 0.29) is 5.97 Å². The molecule has 0 spiro atoms. The molecule has 2 rings (SSSR count). The Bertz CT molecular complexity index is 390. The maximum Gasteiger partial charge on any atom is 0.302 e. The number of hydrogen-bond donors (Lipinski definition) is 0. The number of carbonyl (C=O) groups is 1. The van der Waals surface area contributed by atoms with E-state index in [9.17, 15) is 4.79 Å². The molecule has 1 aliphatic heterocycles. The van der Waals surface area contributed by atoms with Gasteiger partial charge in [0, 0.05) is 19.0 Å². The Morgan fingerprint density at radius 1 is 1.41 bits per heavy atom. The predicted octanol–water partition coefficient (Wildman–Crippen LogP) is 2.38. The van der Waals surface area contributed by atoms with Crippen LogP contribution in [0.3, 0.4) is 0 Å². The lowest BCUT2D eigenvalue weighted by molar-refractivity contribution is -0.141. The molecular weight excluding hydrogens is 214 g/mol. The minimum atomic E-state index is -0.198. The Kier molecular flexibility index (Phi) is 3.48. The first kappa shape index (κ1) is 12.1. The fourth-order valence-corrected chi connectivity index (χ4v) is 2.41. The maximum absolute atomic E-state index is 10.8. The van der Waals surface area contributed by atoms with E-state index >= 15 is 0 Å². The van der Waals surface area contributed by atoms with E-state index in [0.717, 1.165) is 0 Å². The van der Waals surface area contributed by atoms with Crippen LogP contribution in [-0.4, -0.2) is 29.6 Å². The Hall–Kier alpha value is -1.35. The molecule has 1 fully saturated rings. The molecule has 3 heteroatoms. The third kappa shape index (κ3) is 2.67. The Balaban J connectivity index is 1.94. The lowest BCUT2D eigenvalue weighted by Crippen LogP contribution is -2.14. The number of ether oxygens (including phenoxy) is 1. The summed E-state index contributed by atoms with van der Waals surface area (Å²) >= 11 is 0. The van der Waals surface area contributed by atoms with Gasteiger partial charge >= 0.3 is 5.97 Å². The first-order valence-electron chi connectivity index (χ1n) is 6.07. The van der Waals surface area contributed by atoms with E-state index in [2.05, 4.69) is 43.0 Å². The molecule has 3 nitrogen and oxygen atoms in total. The number of benzene rings is 1. The normalized spacial score (nSPS) is 28.5. The fourth-order valence-electron chi connectivity index (χ4n) is 2.41. The average molecular weight is 233 g/mol.